The molecule has 0 unspecified atom stereocenters. The number of nitrogens with zero attached hydrogens (tertiary/aromatic N) is 3. The third kappa shape index (κ3) is 3.01. The molecule has 1 atom stereocenters. The van der Waals surface area contributed by atoms with E-state index in [0.29, 0.717) is 30.1 Å². The summed E-state index contributed by atoms with van der Waals surface area (Å²) >= 11 is 0. The number of benzene rings is 1. The Kier molecular flexibility index (Phi) is 4.90. The van der Waals surface area contributed by atoms with E-state index in [1.807, 2.05) is 18.2 Å². The SMILES string of the molecule is CC[C@H](C)c1ccc(C(=O)Cn2c(=O)c(C#N)c3n(c2=O)CCC3)cc1. The van der Waals surface area contributed by atoms with Gasteiger partial charge in [0.1, 0.15) is 11.6 Å². The summed E-state index contributed by atoms with van der Waals surface area (Å²) in [4.78, 5) is 37.6. The zero-order chi connectivity index (χ0) is 18.8. The van der Waals surface area contributed by atoms with Gasteiger partial charge in [-0.1, -0.05) is 38.1 Å². The number of rotatable bonds is 5. The van der Waals surface area contributed by atoms with Crippen LogP contribution in [-0.2, 0) is 19.5 Å². The second kappa shape index (κ2) is 7.12. The maximum absolute atomic E-state index is 12.6. The summed E-state index contributed by atoms with van der Waals surface area (Å²) in [5.41, 5.74) is 0.880. The molecule has 26 heavy (non-hydrogen) atoms. The van der Waals surface area contributed by atoms with E-state index in [0.717, 1.165) is 23.0 Å². The topological polar surface area (TPSA) is 84.9 Å². The summed E-state index contributed by atoms with van der Waals surface area (Å²) in [7, 11) is 0. The first-order chi connectivity index (χ1) is 12.5. The smallest absolute Gasteiger partial charge is 0.296 e. The van der Waals surface area contributed by atoms with Crippen molar-refractivity contribution < 1.29 is 4.79 Å². The first-order valence-electron chi connectivity index (χ1n) is 8.87. The van der Waals surface area contributed by atoms with Crippen molar-refractivity contribution in [3.05, 3.63) is 67.5 Å². The van der Waals surface area contributed by atoms with Crippen LogP contribution in [0.25, 0.3) is 0 Å². The number of ketones is 1. The zero-order valence-electron chi connectivity index (χ0n) is 15.0. The molecule has 0 aliphatic carbocycles. The predicted molar refractivity (Wildman–Crippen MR) is 97.5 cm³/mol. The minimum atomic E-state index is -0.671. The number of hydrogen-bond donors (Lipinski definition) is 0. The van der Waals surface area contributed by atoms with Crippen LogP contribution in [0.5, 0.6) is 0 Å². The fourth-order valence-electron chi connectivity index (χ4n) is 3.36. The molecule has 2 aromatic rings. The summed E-state index contributed by atoms with van der Waals surface area (Å²) in [5.74, 6) is 0.0867. The molecule has 0 saturated carbocycles. The molecule has 0 radical (unpaired) electrons. The summed E-state index contributed by atoms with van der Waals surface area (Å²) in [6, 6.07) is 9.16. The van der Waals surface area contributed by atoms with Crippen molar-refractivity contribution in [2.75, 3.05) is 0 Å². The number of nitriles is 1. The Hall–Kier alpha value is -2.94. The molecule has 6 nitrogen and oxygen atoms in total. The van der Waals surface area contributed by atoms with Gasteiger partial charge in [0, 0.05) is 17.8 Å². The van der Waals surface area contributed by atoms with Crippen molar-refractivity contribution in [3.8, 4) is 6.07 Å². The lowest BCUT2D eigenvalue weighted by Gasteiger charge is -2.11. The quantitative estimate of drug-likeness (QED) is 0.773. The van der Waals surface area contributed by atoms with Gasteiger partial charge in [0.2, 0.25) is 0 Å². The maximum atomic E-state index is 12.6. The molecule has 0 spiro atoms. The van der Waals surface area contributed by atoms with Gasteiger partial charge in [-0.2, -0.15) is 5.26 Å². The van der Waals surface area contributed by atoms with Crippen LogP contribution in [-0.4, -0.2) is 14.9 Å². The molecule has 6 heteroatoms. The van der Waals surface area contributed by atoms with Gasteiger partial charge in [-0.3, -0.25) is 18.7 Å². The largest absolute Gasteiger partial charge is 0.331 e. The highest BCUT2D eigenvalue weighted by atomic mass is 16.2. The number of Topliss-reactive ketones (excluding diaryl/α,β-unsaturated/α-hetero) is 1. The van der Waals surface area contributed by atoms with E-state index in [2.05, 4.69) is 13.8 Å². The van der Waals surface area contributed by atoms with Gasteiger partial charge < -0.3 is 0 Å². The number of hydrogen-bond acceptors (Lipinski definition) is 4. The molecule has 0 fully saturated rings. The molecule has 1 aromatic heterocycles. The highest BCUT2D eigenvalue weighted by molar-refractivity contribution is 5.95. The predicted octanol–water partition coefficient (Wildman–Crippen LogP) is 2.22. The molecule has 1 aromatic carbocycles. The lowest BCUT2D eigenvalue weighted by Crippen LogP contribution is -2.43. The lowest BCUT2D eigenvalue weighted by molar-refractivity contribution is 0.0968. The van der Waals surface area contributed by atoms with Crippen LogP contribution in [0.15, 0.2) is 33.9 Å². The third-order valence-electron chi connectivity index (χ3n) is 5.16. The molecule has 3 rings (SSSR count). The summed E-state index contributed by atoms with van der Waals surface area (Å²) < 4.78 is 2.33. The maximum Gasteiger partial charge on any atom is 0.331 e. The first kappa shape index (κ1) is 17.9. The van der Waals surface area contributed by atoms with Crippen molar-refractivity contribution in [1.82, 2.24) is 9.13 Å². The van der Waals surface area contributed by atoms with Gasteiger partial charge >= 0.3 is 5.69 Å². The van der Waals surface area contributed by atoms with Crippen LogP contribution in [0.1, 0.15) is 59.8 Å². The standard InChI is InChI=1S/C20H21N3O3/c1-3-13(2)14-6-8-15(9-7-14)18(24)12-23-19(25)16(11-21)17-5-4-10-22(17)20(23)26/h6-9,13H,3-5,10,12H2,1-2H3/t13-/m0/s1. The summed E-state index contributed by atoms with van der Waals surface area (Å²) in [5, 5.41) is 9.29. The summed E-state index contributed by atoms with van der Waals surface area (Å²) in [6.07, 6.45) is 2.27. The van der Waals surface area contributed by atoms with Crippen molar-refractivity contribution in [2.24, 2.45) is 0 Å². The van der Waals surface area contributed by atoms with Crippen molar-refractivity contribution in [1.29, 1.82) is 5.26 Å². The molecule has 1 aliphatic heterocycles. The first-order valence-corrected chi connectivity index (χ1v) is 8.87. The number of aromatic nitrogens is 2. The highest BCUT2D eigenvalue weighted by Crippen LogP contribution is 2.19. The monoisotopic (exact) mass is 351 g/mol. The molecule has 134 valence electrons. The molecule has 0 N–H and O–H groups in total. The summed E-state index contributed by atoms with van der Waals surface area (Å²) in [6.45, 7) is 4.34. The van der Waals surface area contributed by atoms with Crippen LogP contribution in [0, 0.1) is 11.3 Å². The van der Waals surface area contributed by atoms with E-state index in [9.17, 15) is 19.6 Å². The van der Waals surface area contributed by atoms with Gasteiger partial charge in [0.15, 0.2) is 5.78 Å². The van der Waals surface area contributed by atoms with E-state index in [-0.39, 0.29) is 17.9 Å². The molecule has 0 amide bonds. The minimum Gasteiger partial charge on any atom is -0.296 e. The average molecular weight is 351 g/mol. The normalized spacial score (nSPS) is 13.9. The Bertz CT molecular complexity index is 1010. The van der Waals surface area contributed by atoms with Gasteiger partial charge in [0.05, 0.1) is 6.54 Å². The van der Waals surface area contributed by atoms with Crippen molar-refractivity contribution in [3.63, 3.8) is 0 Å². The van der Waals surface area contributed by atoms with Gasteiger partial charge in [0.25, 0.3) is 5.56 Å². The van der Waals surface area contributed by atoms with Gasteiger partial charge in [-0.25, -0.2) is 4.79 Å². The van der Waals surface area contributed by atoms with Crippen LogP contribution in [0.3, 0.4) is 0 Å². The van der Waals surface area contributed by atoms with Crippen molar-refractivity contribution >= 4 is 5.78 Å². The molecule has 0 bridgehead atoms. The van der Waals surface area contributed by atoms with Crippen molar-refractivity contribution in [2.45, 2.75) is 52.1 Å². The fourth-order valence-corrected chi connectivity index (χ4v) is 3.36. The van der Waals surface area contributed by atoms with E-state index in [4.69, 9.17) is 0 Å². The Morgan fingerprint density at radius 1 is 1.27 bits per heavy atom. The van der Waals surface area contributed by atoms with Crippen LogP contribution in [0.2, 0.25) is 0 Å². The fraction of sp³-hybridized carbons (Fsp3) is 0.400. The molecular weight excluding hydrogens is 330 g/mol. The Balaban J connectivity index is 1.95. The molecular formula is C20H21N3O3. The van der Waals surface area contributed by atoms with E-state index in [1.165, 1.54) is 4.57 Å². The molecule has 0 saturated heterocycles. The number of carbonyl (C=O) groups excluding carboxylic acids is 1. The Morgan fingerprint density at radius 3 is 2.58 bits per heavy atom. The van der Waals surface area contributed by atoms with Crippen LogP contribution < -0.4 is 11.2 Å². The third-order valence-corrected chi connectivity index (χ3v) is 5.16. The Morgan fingerprint density at radius 2 is 1.96 bits per heavy atom. The van der Waals surface area contributed by atoms with E-state index >= 15 is 0 Å². The second-order valence-corrected chi connectivity index (χ2v) is 6.72. The van der Waals surface area contributed by atoms with E-state index < -0.39 is 11.2 Å². The van der Waals surface area contributed by atoms with Crippen LogP contribution in [0.4, 0.5) is 0 Å². The van der Waals surface area contributed by atoms with Crippen LogP contribution >= 0.6 is 0 Å². The molecule has 1 aliphatic rings. The van der Waals surface area contributed by atoms with Gasteiger partial charge in [-0.15, -0.1) is 0 Å². The zero-order valence-corrected chi connectivity index (χ0v) is 15.0. The van der Waals surface area contributed by atoms with E-state index in [1.54, 1.807) is 12.1 Å². The molecule has 2 heterocycles. The van der Waals surface area contributed by atoms with Gasteiger partial charge in [-0.05, 0) is 30.7 Å². The number of fused-ring (bicyclic) bond motifs is 1. The minimum absolute atomic E-state index is 0.0259. The average Bonchev–Trinajstić information content (AvgIpc) is 3.14. The lowest BCUT2D eigenvalue weighted by atomic mass is 9.97. The number of carbonyl (C=O) groups is 1. The second-order valence-electron chi connectivity index (χ2n) is 6.72. The Labute approximate surface area is 151 Å². The highest BCUT2D eigenvalue weighted by Gasteiger charge is 2.23.